The molecule has 1 aliphatic carbocycles. The summed E-state index contributed by atoms with van der Waals surface area (Å²) >= 11 is 5.74. The molecule has 1 saturated carbocycles. The fourth-order valence-corrected chi connectivity index (χ4v) is 0.902. The van der Waals surface area contributed by atoms with Crippen LogP contribution in [0.4, 0.5) is 0 Å². The van der Waals surface area contributed by atoms with Crippen molar-refractivity contribution in [2.45, 2.75) is 18.2 Å². The fourth-order valence-electron chi connectivity index (χ4n) is 0.650. The van der Waals surface area contributed by atoms with Crippen LogP contribution in [0.1, 0.15) is 12.8 Å². The Hall–Kier alpha value is 0.540. The van der Waals surface area contributed by atoms with Crippen molar-refractivity contribution in [1.82, 2.24) is 0 Å². The van der Waals surface area contributed by atoms with Gasteiger partial charge in [-0.2, -0.15) is 0 Å². The Kier molecular flexibility index (Phi) is 3.78. The highest BCUT2D eigenvalue weighted by atomic mass is 35.5. The summed E-state index contributed by atoms with van der Waals surface area (Å²) in [7, 11) is 0. The predicted octanol–water partition coefficient (Wildman–Crippen LogP) is 1.38. The quantitative estimate of drug-likeness (QED) is 0.600. The van der Waals surface area contributed by atoms with Gasteiger partial charge in [-0.25, -0.2) is 0 Å². The number of nitrogens with two attached hydrogens (primary N) is 1. The van der Waals surface area contributed by atoms with Gasteiger partial charge in [0.2, 0.25) is 0 Å². The average Bonchev–Trinajstić information content (AvgIpc) is 2.44. The summed E-state index contributed by atoms with van der Waals surface area (Å²) < 4.78 is 0. The topological polar surface area (TPSA) is 26.0 Å². The van der Waals surface area contributed by atoms with E-state index in [1.54, 1.807) is 0 Å². The molecule has 0 radical (unpaired) electrons. The molecule has 0 saturated heterocycles. The average molecular weight is 156 g/mol. The Bertz CT molecular complexity index is 63.4. The van der Waals surface area contributed by atoms with Gasteiger partial charge in [-0.3, -0.25) is 0 Å². The lowest BCUT2D eigenvalue weighted by Gasteiger charge is -1.99. The molecule has 0 heterocycles. The van der Waals surface area contributed by atoms with Crippen LogP contribution in [0, 0.1) is 5.92 Å². The molecule has 0 amide bonds. The number of hydrogen-bond donors (Lipinski definition) is 1. The van der Waals surface area contributed by atoms with E-state index in [1.165, 1.54) is 12.8 Å². The van der Waals surface area contributed by atoms with Gasteiger partial charge in [-0.1, -0.05) is 0 Å². The van der Waals surface area contributed by atoms with Crippen molar-refractivity contribution in [3.05, 3.63) is 0 Å². The Morgan fingerprint density at radius 1 is 1.62 bits per heavy atom. The largest absolute Gasteiger partial charge is 0.329 e. The van der Waals surface area contributed by atoms with Crippen LogP contribution in [0.3, 0.4) is 0 Å². The highest BCUT2D eigenvalue weighted by Crippen LogP contribution is 2.34. The third kappa shape index (κ3) is 2.21. The van der Waals surface area contributed by atoms with E-state index < -0.39 is 0 Å². The number of alkyl halides is 1. The second-order valence-electron chi connectivity index (χ2n) is 2.09. The van der Waals surface area contributed by atoms with Crippen LogP contribution in [-0.2, 0) is 0 Å². The van der Waals surface area contributed by atoms with Gasteiger partial charge in [0, 0.05) is 11.9 Å². The van der Waals surface area contributed by atoms with E-state index in [4.69, 9.17) is 17.3 Å². The monoisotopic (exact) mass is 155 g/mol. The number of rotatable bonds is 2. The summed E-state index contributed by atoms with van der Waals surface area (Å²) in [5.41, 5.74) is 5.28. The van der Waals surface area contributed by atoms with E-state index >= 15 is 0 Å². The molecule has 1 unspecified atom stereocenters. The van der Waals surface area contributed by atoms with Crippen LogP contribution < -0.4 is 5.73 Å². The van der Waals surface area contributed by atoms with Crippen LogP contribution in [0.5, 0.6) is 0 Å². The molecule has 50 valence electrons. The highest BCUT2D eigenvalue weighted by Gasteiger charge is 2.28. The molecular formula is C5H11Cl2N. The van der Waals surface area contributed by atoms with E-state index in [0.29, 0.717) is 6.54 Å². The maximum absolute atomic E-state index is 5.74. The summed E-state index contributed by atoms with van der Waals surface area (Å²) in [6.07, 6.45) is 2.59. The smallest absolute Gasteiger partial charge is 0.0486 e. The maximum atomic E-state index is 5.74. The summed E-state index contributed by atoms with van der Waals surface area (Å²) in [5.74, 6) is 0.756. The molecule has 0 bridgehead atoms. The van der Waals surface area contributed by atoms with Gasteiger partial charge in [-0.15, -0.1) is 24.0 Å². The standard InChI is InChI=1S/C5H10ClN.ClH/c6-5(3-7)4-1-2-4;/h4-5H,1-3,7H2;1H. The van der Waals surface area contributed by atoms with Crippen molar-refractivity contribution in [1.29, 1.82) is 0 Å². The van der Waals surface area contributed by atoms with Crippen molar-refractivity contribution in [2.75, 3.05) is 6.54 Å². The van der Waals surface area contributed by atoms with E-state index in [2.05, 4.69) is 0 Å². The number of hydrogen-bond acceptors (Lipinski definition) is 1. The molecule has 0 spiro atoms. The van der Waals surface area contributed by atoms with Gasteiger partial charge in [0.25, 0.3) is 0 Å². The molecule has 1 rings (SSSR count). The first-order valence-electron chi connectivity index (χ1n) is 2.68. The molecule has 1 fully saturated rings. The van der Waals surface area contributed by atoms with Crippen molar-refractivity contribution in [3.8, 4) is 0 Å². The molecule has 1 aliphatic rings. The summed E-state index contributed by atoms with van der Waals surface area (Å²) in [6.45, 7) is 0.645. The van der Waals surface area contributed by atoms with Crippen LogP contribution in [0.25, 0.3) is 0 Å². The molecule has 8 heavy (non-hydrogen) atoms. The minimum Gasteiger partial charge on any atom is -0.329 e. The van der Waals surface area contributed by atoms with Crippen LogP contribution in [0.15, 0.2) is 0 Å². The Morgan fingerprint density at radius 2 is 2.12 bits per heavy atom. The van der Waals surface area contributed by atoms with Crippen molar-refractivity contribution < 1.29 is 0 Å². The predicted molar refractivity (Wildman–Crippen MR) is 38.7 cm³/mol. The molecule has 2 N–H and O–H groups in total. The molecule has 0 aromatic carbocycles. The van der Waals surface area contributed by atoms with E-state index in [9.17, 15) is 0 Å². The first-order chi connectivity index (χ1) is 3.34. The molecular weight excluding hydrogens is 145 g/mol. The lowest BCUT2D eigenvalue weighted by molar-refractivity contribution is 0.749. The van der Waals surface area contributed by atoms with E-state index in [-0.39, 0.29) is 17.8 Å². The van der Waals surface area contributed by atoms with Gasteiger partial charge in [0.1, 0.15) is 0 Å². The van der Waals surface area contributed by atoms with Crippen molar-refractivity contribution in [2.24, 2.45) is 11.7 Å². The number of halogens is 2. The molecule has 3 heteroatoms. The van der Waals surface area contributed by atoms with E-state index in [1.807, 2.05) is 0 Å². The first-order valence-corrected chi connectivity index (χ1v) is 3.12. The van der Waals surface area contributed by atoms with Crippen LogP contribution in [0.2, 0.25) is 0 Å². The lowest BCUT2D eigenvalue weighted by Crippen LogP contribution is -2.15. The SMILES string of the molecule is Cl.NCC(Cl)C1CC1. The Balaban J connectivity index is 0.000000490. The normalized spacial score (nSPS) is 21.8. The molecule has 1 atom stereocenters. The zero-order valence-corrected chi connectivity index (χ0v) is 6.21. The maximum Gasteiger partial charge on any atom is 0.0486 e. The fraction of sp³-hybridized carbons (Fsp3) is 1.00. The van der Waals surface area contributed by atoms with Crippen LogP contribution >= 0.6 is 24.0 Å². The lowest BCUT2D eigenvalue weighted by atomic mass is 10.3. The second-order valence-corrected chi connectivity index (χ2v) is 2.65. The van der Waals surface area contributed by atoms with E-state index in [0.717, 1.165) is 5.92 Å². The van der Waals surface area contributed by atoms with Gasteiger partial charge < -0.3 is 5.73 Å². The Labute approximate surface area is 61.0 Å². The van der Waals surface area contributed by atoms with Gasteiger partial charge in [0.05, 0.1) is 0 Å². The zero-order valence-electron chi connectivity index (χ0n) is 4.64. The summed E-state index contributed by atoms with van der Waals surface area (Å²) in [5, 5.41) is 0.264. The Morgan fingerprint density at radius 3 is 2.25 bits per heavy atom. The highest BCUT2D eigenvalue weighted by molar-refractivity contribution is 6.21. The molecule has 0 aromatic heterocycles. The third-order valence-corrected chi connectivity index (χ3v) is 1.89. The summed E-state index contributed by atoms with van der Waals surface area (Å²) in [6, 6.07) is 0. The third-order valence-electron chi connectivity index (χ3n) is 1.36. The molecule has 0 aliphatic heterocycles. The zero-order chi connectivity index (χ0) is 5.28. The molecule has 1 nitrogen and oxygen atoms in total. The molecule has 0 aromatic rings. The summed E-state index contributed by atoms with van der Waals surface area (Å²) in [4.78, 5) is 0. The minimum absolute atomic E-state index is 0. The van der Waals surface area contributed by atoms with Gasteiger partial charge >= 0.3 is 0 Å². The minimum atomic E-state index is 0. The van der Waals surface area contributed by atoms with Gasteiger partial charge in [-0.05, 0) is 18.8 Å². The van der Waals surface area contributed by atoms with Crippen molar-refractivity contribution in [3.63, 3.8) is 0 Å². The van der Waals surface area contributed by atoms with Crippen LogP contribution in [-0.4, -0.2) is 11.9 Å². The van der Waals surface area contributed by atoms with Gasteiger partial charge in [0.15, 0.2) is 0 Å². The second kappa shape index (κ2) is 3.54. The van der Waals surface area contributed by atoms with Crippen molar-refractivity contribution >= 4 is 24.0 Å². The first kappa shape index (κ1) is 8.54.